The van der Waals surface area contributed by atoms with Gasteiger partial charge in [-0.15, -0.1) is 0 Å². The molecule has 0 radical (unpaired) electrons. The zero-order valence-electron chi connectivity index (χ0n) is 9.58. The van der Waals surface area contributed by atoms with Crippen molar-refractivity contribution >= 4 is 22.6 Å². The smallest absolute Gasteiger partial charge is 0.347 e. The van der Waals surface area contributed by atoms with Crippen LogP contribution in [0.4, 0.5) is 5.69 Å². The van der Waals surface area contributed by atoms with E-state index in [2.05, 4.69) is 4.74 Å². The number of nitrogens with zero attached hydrogens (tertiary/aromatic N) is 1. The number of nitro benzene ring substituents is 1. The van der Waals surface area contributed by atoms with Crippen LogP contribution in [0.1, 0.15) is 10.4 Å². The molecule has 0 saturated carbocycles. The highest BCUT2D eigenvalue weighted by molar-refractivity contribution is 5.95. The van der Waals surface area contributed by atoms with Gasteiger partial charge < -0.3 is 14.3 Å². The topological polar surface area (TPSA) is 120 Å². The van der Waals surface area contributed by atoms with E-state index in [9.17, 15) is 19.7 Å². The minimum atomic E-state index is -1.53. The third-order valence-electron chi connectivity index (χ3n) is 2.46. The van der Waals surface area contributed by atoms with Crippen molar-refractivity contribution in [3.8, 4) is 5.95 Å². The Bertz CT molecular complexity index is 747. The third-order valence-corrected chi connectivity index (χ3v) is 2.46. The maximum absolute atomic E-state index is 12.0. The van der Waals surface area contributed by atoms with Gasteiger partial charge in [-0.05, 0) is 6.07 Å². The van der Waals surface area contributed by atoms with Gasteiger partial charge in [-0.2, -0.15) is 0 Å². The first-order valence-electron chi connectivity index (χ1n) is 4.99. The fourth-order valence-corrected chi connectivity index (χ4v) is 1.65. The molecule has 1 aromatic heterocycles. The Labute approximate surface area is 105 Å². The van der Waals surface area contributed by atoms with E-state index in [-0.39, 0.29) is 11.0 Å². The van der Waals surface area contributed by atoms with Crippen LogP contribution in [0, 0.1) is 10.1 Å². The number of carboxylic acids is 1. The van der Waals surface area contributed by atoms with Crippen LogP contribution in [0.5, 0.6) is 5.95 Å². The van der Waals surface area contributed by atoms with E-state index in [1.807, 2.05) is 0 Å². The van der Waals surface area contributed by atoms with Gasteiger partial charge >= 0.3 is 17.6 Å². The first-order chi connectivity index (χ1) is 8.97. The second kappa shape index (κ2) is 4.41. The van der Waals surface area contributed by atoms with Gasteiger partial charge in [-0.1, -0.05) is 6.07 Å². The highest BCUT2D eigenvalue weighted by Crippen LogP contribution is 2.28. The number of methoxy groups -OCH3 is 1. The average Bonchev–Trinajstić information content (AvgIpc) is 2.37. The number of hydrogen-bond acceptors (Lipinski definition) is 6. The summed E-state index contributed by atoms with van der Waals surface area (Å²) in [4.78, 5) is 33.1. The summed E-state index contributed by atoms with van der Waals surface area (Å²) in [5.41, 5.74) is -2.35. The number of non-ortho nitro benzene ring substituents is 1. The van der Waals surface area contributed by atoms with Crippen LogP contribution in [0.2, 0.25) is 0 Å². The minimum Gasteiger partial charge on any atom is -0.477 e. The number of benzene rings is 1. The number of aromatic carboxylic acids is 1. The minimum absolute atomic E-state index is 0.188. The van der Waals surface area contributed by atoms with Crippen molar-refractivity contribution in [3.63, 3.8) is 0 Å². The Kier molecular flexibility index (Phi) is 2.91. The molecule has 8 nitrogen and oxygen atoms in total. The van der Waals surface area contributed by atoms with Crippen LogP contribution in [-0.4, -0.2) is 23.1 Å². The number of hydrogen-bond donors (Lipinski definition) is 1. The standard InChI is InChI=1S/C11H7NO7/c1-18-11-7(10(14)15)8(13)5-3-2-4-6(12(16)17)9(5)19-11/h2-4H,1H3,(H,14,15). The lowest BCUT2D eigenvalue weighted by Gasteiger charge is -2.05. The number of ether oxygens (including phenoxy) is 1. The summed E-state index contributed by atoms with van der Waals surface area (Å²) in [5, 5.41) is 19.6. The van der Waals surface area contributed by atoms with Crippen LogP contribution < -0.4 is 10.2 Å². The molecule has 2 aromatic rings. The second-order valence-electron chi connectivity index (χ2n) is 3.51. The fraction of sp³-hybridized carbons (Fsp3) is 0.0909. The second-order valence-corrected chi connectivity index (χ2v) is 3.51. The fourth-order valence-electron chi connectivity index (χ4n) is 1.65. The van der Waals surface area contributed by atoms with Crippen LogP contribution >= 0.6 is 0 Å². The molecule has 0 unspecified atom stereocenters. The van der Waals surface area contributed by atoms with Crippen LogP contribution in [0.15, 0.2) is 27.4 Å². The van der Waals surface area contributed by atoms with Gasteiger partial charge in [0.1, 0.15) is 0 Å². The number of rotatable bonds is 3. The van der Waals surface area contributed by atoms with Crippen LogP contribution in [0.25, 0.3) is 11.0 Å². The normalized spacial score (nSPS) is 10.4. The summed E-state index contributed by atoms with van der Waals surface area (Å²) in [6.07, 6.45) is 0. The third kappa shape index (κ3) is 1.88. The van der Waals surface area contributed by atoms with Crippen LogP contribution in [0.3, 0.4) is 0 Å². The molecule has 1 heterocycles. The largest absolute Gasteiger partial charge is 0.477 e. The van der Waals surface area contributed by atoms with Crippen molar-refractivity contribution in [1.82, 2.24) is 0 Å². The molecule has 0 spiro atoms. The molecule has 0 amide bonds. The molecule has 1 N–H and O–H groups in total. The zero-order valence-corrected chi connectivity index (χ0v) is 9.58. The maximum atomic E-state index is 12.0. The van der Waals surface area contributed by atoms with E-state index in [0.29, 0.717) is 0 Å². The molecule has 0 aliphatic heterocycles. The van der Waals surface area contributed by atoms with E-state index in [0.717, 1.165) is 13.2 Å². The lowest BCUT2D eigenvalue weighted by atomic mass is 10.1. The van der Waals surface area contributed by atoms with Gasteiger partial charge in [0.2, 0.25) is 11.0 Å². The number of carbonyl (C=O) groups is 1. The van der Waals surface area contributed by atoms with E-state index >= 15 is 0 Å². The number of nitro groups is 1. The molecule has 8 heteroatoms. The van der Waals surface area contributed by atoms with Gasteiger partial charge in [-0.3, -0.25) is 14.9 Å². The summed E-state index contributed by atoms with van der Waals surface area (Å²) in [7, 11) is 1.10. The van der Waals surface area contributed by atoms with Crippen molar-refractivity contribution in [2.75, 3.05) is 7.11 Å². The summed E-state index contributed by atoms with van der Waals surface area (Å²) in [6, 6.07) is 3.67. The number of carboxylic acid groups (broad SMARTS) is 1. The summed E-state index contributed by atoms with van der Waals surface area (Å²) < 4.78 is 9.69. The van der Waals surface area contributed by atoms with E-state index in [1.165, 1.54) is 12.1 Å². The molecule has 0 atom stereocenters. The van der Waals surface area contributed by atoms with Gasteiger partial charge in [-0.25, -0.2) is 4.79 Å². The molecule has 98 valence electrons. The maximum Gasteiger partial charge on any atom is 0.347 e. The number of fused-ring (bicyclic) bond motifs is 1. The van der Waals surface area contributed by atoms with Crippen molar-refractivity contribution in [1.29, 1.82) is 0 Å². The molecular weight excluding hydrogens is 258 g/mol. The van der Waals surface area contributed by atoms with Gasteiger partial charge in [0.15, 0.2) is 5.56 Å². The monoisotopic (exact) mass is 265 g/mol. The van der Waals surface area contributed by atoms with Crippen molar-refractivity contribution in [3.05, 3.63) is 44.1 Å². The van der Waals surface area contributed by atoms with Gasteiger partial charge in [0.05, 0.1) is 17.4 Å². The molecule has 1 aromatic carbocycles. The van der Waals surface area contributed by atoms with Gasteiger partial charge in [0.25, 0.3) is 0 Å². The van der Waals surface area contributed by atoms with Gasteiger partial charge in [0, 0.05) is 6.07 Å². The Hall–Kier alpha value is -2.90. The zero-order chi connectivity index (χ0) is 14.2. The van der Waals surface area contributed by atoms with E-state index in [4.69, 9.17) is 9.52 Å². The molecule has 0 saturated heterocycles. The highest BCUT2D eigenvalue weighted by atomic mass is 16.6. The lowest BCUT2D eigenvalue weighted by Crippen LogP contribution is -2.16. The molecule has 0 aliphatic carbocycles. The summed E-state index contributed by atoms with van der Waals surface area (Å²) in [6.45, 7) is 0. The Morgan fingerprint density at radius 2 is 2.16 bits per heavy atom. The summed E-state index contributed by atoms with van der Waals surface area (Å²) in [5.74, 6) is -2.10. The van der Waals surface area contributed by atoms with Crippen molar-refractivity contribution in [2.45, 2.75) is 0 Å². The Morgan fingerprint density at radius 3 is 2.68 bits per heavy atom. The summed E-state index contributed by atoms with van der Waals surface area (Å²) >= 11 is 0. The molecule has 0 aliphatic rings. The average molecular weight is 265 g/mol. The molecule has 2 rings (SSSR count). The Balaban J connectivity index is 2.99. The molecule has 0 bridgehead atoms. The highest BCUT2D eigenvalue weighted by Gasteiger charge is 2.25. The lowest BCUT2D eigenvalue weighted by molar-refractivity contribution is -0.383. The first kappa shape index (κ1) is 12.6. The van der Waals surface area contributed by atoms with Crippen molar-refractivity contribution in [2.24, 2.45) is 0 Å². The van der Waals surface area contributed by atoms with E-state index in [1.54, 1.807) is 0 Å². The first-order valence-corrected chi connectivity index (χ1v) is 4.99. The predicted molar refractivity (Wildman–Crippen MR) is 62.6 cm³/mol. The predicted octanol–water partition coefficient (Wildman–Crippen LogP) is 1.41. The molecule has 19 heavy (non-hydrogen) atoms. The van der Waals surface area contributed by atoms with Crippen LogP contribution in [-0.2, 0) is 0 Å². The molecular formula is C11H7NO7. The number of para-hydroxylation sites is 1. The van der Waals surface area contributed by atoms with Crippen molar-refractivity contribution < 1.29 is 24.0 Å². The Morgan fingerprint density at radius 1 is 1.47 bits per heavy atom. The SMILES string of the molecule is COc1oc2c([N+](=O)[O-])cccc2c(=O)c1C(=O)O. The van der Waals surface area contributed by atoms with E-state index < -0.39 is 33.5 Å². The molecule has 0 fully saturated rings. The quantitative estimate of drug-likeness (QED) is 0.657.